The lowest BCUT2D eigenvalue weighted by molar-refractivity contribution is -0.121. The van der Waals surface area contributed by atoms with Gasteiger partial charge in [-0.2, -0.15) is 0 Å². The Kier molecular flexibility index (Phi) is 6.01. The molecule has 0 aliphatic carbocycles. The van der Waals surface area contributed by atoms with Gasteiger partial charge in [-0.15, -0.1) is 0 Å². The maximum absolute atomic E-state index is 12.3. The Morgan fingerprint density at radius 2 is 1.88 bits per heavy atom. The van der Waals surface area contributed by atoms with Crippen molar-refractivity contribution in [1.82, 2.24) is 9.88 Å². The van der Waals surface area contributed by atoms with Crippen molar-refractivity contribution in [2.24, 2.45) is 5.92 Å². The van der Waals surface area contributed by atoms with Gasteiger partial charge in [0, 0.05) is 37.9 Å². The molecule has 1 aliphatic rings. The third-order valence-corrected chi connectivity index (χ3v) is 4.82. The number of likely N-dealkylation sites (N-methyl/N-ethyl adjacent to an activating group) is 1. The fraction of sp³-hybridized carbons (Fsp3) is 0.400. The minimum atomic E-state index is 0.0881. The third kappa shape index (κ3) is 5.03. The fourth-order valence-corrected chi connectivity index (χ4v) is 3.19. The van der Waals surface area contributed by atoms with Crippen LogP contribution in [0.25, 0.3) is 0 Å². The van der Waals surface area contributed by atoms with E-state index in [1.807, 2.05) is 24.3 Å². The van der Waals surface area contributed by atoms with Crippen LogP contribution >= 0.6 is 0 Å². The molecule has 0 spiro atoms. The number of aromatic nitrogens is 1. The number of nitrogens with zero attached hydrogens (tertiary/aromatic N) is 3. The van der Waals surface area contributed by atoms with Crippen molar-refractivity contribution in [1.29, 1.82) is 0 Å². The highest BCUT2D eigenvalue weighted by Gasteiger charge is 2.25. The van der Waals surface area contributed by atoms with E-state index in [1.54, 1.807) is 6.20 Å². The van der Waals surface area contributed by atoms with Gasteiger partial charge in [0.05, 0.1) is 0 Å². The number of piperidine rings is 1. The van der Waals surface area contributed by atoms with E-state index < -0.39 is 0 Å². The zero-order valence-corrected chi connectivity index (χ0v) is 14.8. The minimum absolute atomic E-state index is 0.0881. The summed E-state index contributed by atoms with van der Waals surface area (Å²) in [5.41, 5.74) is 1.24. The van der Waals surface area contributed by atoms with Crippen LogP contribution in [-0.2, 0) is 4.79 Å². The lowest BCUT2D eigenvalue weighted by atomic mass is 9.96. The Hall–Kier alpha value is -2.40. The van der Waals surface area contributed by atoms with Gasteiger partial charge in [0.2, 0.25) is 5.91 Å². The van der Waals surface area contributed by atoms with Crippen LogP contribution < -0.4 is 10.2 Å². The molecule has 1 aromatic heterocycles. The van der Waals surface area contributed by atoms with Crippen molar-refractivity contribution in [3.8, 4) is 0 Å². The maximum atomic E-state index is 12.3. The van der Waals surface area contributed by atoms with Crippen molar-refractivity contribution < 1.29 is 4.79 Å². The Morgan fingerprint density at radius 1 is 1.16 bits per heavy atom. The molecule has 0 radical (unpaired) electrons. The highest BCUT2D eigenvalue weighted by Crippen LogP contribution is 2.19. The number of likely N-dealkylation sites (tertiary alicyclic amines) is 1. The lowest BCUT2D eigenvalue weighted by Crippen LogP contribution is -2.41. The van der Waals surface area contributed by atoms with Gasteiger partial charge < -0.3 is 15.1 Å². The van der Waals surface area contributed by atoms with Gasteiger partial charge in [0.15, 0.2) is 0 Å². The highest BCUT2D eigenvalue weighted by atomic mass is 16.1. The zero-order chi connectivity index (χ0) is 17.5. The zero-order valence-electron chi connectivity index (χ0n) is 14.8. The number of carbonyl (C=O) groups excluding carboxylic acids is 1. The molecule has 3 rings (SSSR count). The van der Waals surface area contributed by atoms with Gasteiger partial charge in [0.25, 0.3) is 0 Å². The van der Waals surface area contributed by atoms with Gasteiger partial charge in [-0.25, -0.2) is 4.98 Å². The summed E-state index contributed by atoms with van der Waals surface area (Å²) >= 11 is 0. The Bertz CT molecular complexity index is 654. The number of para-hydroxylation sites is 1. The molecule has 0 bridgehead atoms. The van der Waals surface area contributed by atoms with Crippen molar-refractivity contribution in [2.45, 2.75) is 12.8 Å². The number of anilines is 2. The number of benzene rings is 1. The topological polar surface area (TPSA) is 48.5 Å². The predicted octanol–water partition coefficient (Wildman–Crippen LogP) is 2.87. The minimum Gasteiger partial charge on any atom is -0.373 e. The molecular weight excluding hydrogens is 312 g/mol. The maximum Gasteiger partial charge on any atom is 0.228 e. The summed E-state index contributed by atoms with van der Waals surface area (Å²) < 4.78 is 0. The number of hydrogen-bond donors (Lipinski definition) is 1. The molecule has 2 aromatic rings. The Morgan fingerprint density at radius 3 is 2.56 bits per heavy atom. The molecule has 0 saturated carbocycles. The number of carbonyl (C=O) groups is 1. The number of hydrogen-bond acceptors (Lipinski definition) is 4. The molecule has 0 unspecified atom stereocenters. The van der Waals surface area contributed by atoms with Crippen LogP contribution in [0.15, 0.2) is 54.7 Å². The van der Waals surface area contributed by atoms with Crippen molar-refractivity contribution in [2.75, 3.05) is 43.4 Å². The van der Waals surface area contributed by atoms with Crippen LogP contribution in [0, 0.1) is 5.92 Å². The molecule has 1 saturated heterocycles. The molecule has 1 fully saturated rings. The van der Waals surface area contributed by atoms with Gasteiger partial charge in [-0.3, -0.25) is 4.79 Å². The Labute approximate surface area is 149 Å². The summed E-state index contributed by atoms with van der Waals surface area (Å²) in [6, 6.07) is 16.0. The number of amides is 1. The van der Waals surface area contributed by atoms with Crippen LogP contribution in [0.1, 0.15) is 12.8 Å². The van der Waals surface area contributed by atoms with Crippen LogP contribution in [0.3, 0.4) is 0 Å². The van der Waals surface area contributed by atoms with E-state index in [2.05, 4.69) is 51.4 Å². The second kappa shape index (κ2) is 8.62. The molecule has 5 nitrogen and oxygen atoms in total. The van der Waals surface area contributed by atoms with E-state index in [0.717, 1.165) is 39.0 Å². The summed E-state index contributed by atoms with van der Waals surface area (Å²) in [5.74, 6) is 0.823. The number of nitrogens with one attached hydrogen (secondary N) is 1. The first-order valence-electron chi connectivity index (χ1n) is 8.93. The average Bonchev–Trinajstić information content (AvgIpc) is 2.68. The van der Waals surface area contributed by atoms with Gasteiger partial charge in [-0.1, -0.05) is 24.3 Å². The average molecular weight is 338 g/mol. The van der Waals surface area contributed by atoms with Crippen LogP contribution in [0.5, 0.6) is 0 Å². The standard InChI is InChI=1S/C20H26N4O/c1-23(18-7-3-2-4-8-18)15-16-24-13-10-17(11-14-24)20(25)22-19-9-5-6-12-21-19/h2-9,12,17H,10-11,13-16H2,1H3,(H,21,22,25). The van der Waals surface area contributed by atoms with E-state index in [-0.39, 0.29) is 11.8 Å². The molecule has 1 amide bonds. The first kappa shape index (κ1) is 17.4. The molecule has 25 heavy (non-hydrogen) atoms. The van der Waals surface area contributed by atoms with Crippen molar-refractivity contribution in [3.63, 3.8) is 0 Å². The van der Waals surface area contributed by atoms with Crippen molar-refractivity contribution in [3.05, 3.63) is 54.7 Å². The summed E-state index contributed by atoms with van der Waals surface area (Å²) in [5, 5.41) is 2.92. The first-order chi connectivity index (χ1) is 12.2. The summed E-state index contributed by atoms with van der Waals surface area (Å²) in [6.45, 7) is 3.97. The van der Waals surface area contributed by atoms with E-state index in [9.17, 15) is 4.79 Å². The molecule has 5 heteroatoms. The quantitative estimate of drug-likeness (QED) is 0.880. The predicted molar refractivity (Wildman–Crippen MR) is 102 cm³/mol. The lowest BCUT2D eigenvalue weighted by Gasteiger charge is -2.32. The smallest absolute Gasteiger partial charge is 0.228 e. The van der Waals surface area contributed by atoms with Crippen LogP contribution in [-0.4, -0.2) is 49.0 Å². The van der Waals surface area contributed by atoms with Crippen LogP contribution in [0.4, 0.5) is 11.5 Å². The monoisotopic (exact) mass is 338 g/mol. The normalized spacial score (nSPS) is 15.7. The summed E-state index contributed by atoms with van der Waals surface area (Å²) in [6.07, 6.45) is 3.52. The van der Waals surface area contributed by atoms with E-state index in [4.69, 9.17) is 0 Å². The SMILES string of the molecule is CN(CCN1CCC(C(=O)Nc2ccccn2)CC1)c1ccccc1. The van der Waals surface area contributed by atoms with Gasteiger partial charge >= 0.3 is 0 Å². The van der Waals surface area contributed by atoms with Gasteiger partial charge in [0.1, 0.15) is 5.82 Å². The van der Waals surface area contributed by atoms with E-state index >= 15 is 0 Å². The molecule has 1 N–H and O–H groups in total. The van der Waals surface area contributed by atoms with Crippen molar-refractivity contribution >= 4 is 17.4 Å². The molecule has 1 aromatic carbocycles. The first-order valence-corrected chi connectivity index (χ1v) is 8.93. The van der Waals surface area contributed by atoms with E-state index in [1.165, 1.54) is 5.69 Å². The molecule has 2 heterocycles. The summed E-state index contributed by atoms with van der Waals surface area (Å²) in [4.78, 5) is 21.2. The second-order valence-electron chi connectivity index (χ2n) is 6.58. The highest BCUT2D eigenvalue weighted by molar-refractivity contribution is 5.91. The molecule has 132 valence electrons. The Balaban J connectivity index is 1.40. The largest absolute Gasteiger partial charge is 0.373 e. The second-order valence-corrected chi connectivity index (χ2v) is 6.58. The number of rotatable bonds is 6. The van der Waals surface area contributed by atoms with Crippen LogP contribution in [0.2, 0.25) is 0 Å². The third-order valence-electron chi connectivity index (χ3n) is 4.82. The molecular formula is C20H26N4O. The fourth-order valence-electron chi connectivity index (χ4n) is 3.19. The molecule has 1 aliphatic heterocycles. The van der Waals surface area contributed by atoms with Gasteiger partial charge in [-0.05, 0) is 50.2 Å². The molecule has 0 atom stereocenters. The van der Waals surface area contributed by atoms with E-state index in [0.29, 0.717) is 5.82 Å². The number of pyridine rings is 1. The summed E-state index contributed by atoms with van der Waals surface area (Å²) in [7, 11) is 2.13.